The van der Waals surface area contributed by atoms with Gasteiger partial charge in [0.25, 0.3) is 0 Å². The smallest absolute Gasteiger partial charge is 0.335 e. The molecule has 0 aromatic heterocycles. The molecule has 92 valence electrons. The zero-order valence-corrected chi connectivity index (χ0v) is 10.9. The second-order valence-electron chi connectivity index (χ2n) is 4.06. The Morgan fingerprint density at radius 3 is 2.71 bits per heavy atom. The summed E-state index contributed by atoms with van der Waals surface area (Å²) >= 11 is 3.32. The van der Waals surface area contributed by atoms with Crippen LogP contribution in [0.2, 0.25) is 0 Å². The molecule has 1 saturated heterocycles. The van der Waals surface area contributed by atoms with Gasteiger partial charge in [0.15, 0.2) is 0 Å². The number of aromatic carboxylic acids is 1. The number of anilines is 1. The monoisotopic (exact) mass is 299 g/mol. The molecular formula is C12H14BrNO3. The van der Waals surface area contributed by atoms with Crippen molar-refractivity contribution in [2.75, 3.05) is 18.5 Å². The van der Waals surface area contributed by atoms with Crippen LogP contribution < -0.4 is 5.32 Å². The van der Waals surface area contributed by atoms with Gasteiger partial charge in [-0.2, -0.15) is 0 Å². The van der Waals surface area contributed by atoms with E-state index < -0.39 is 5.97 Å². The van der Waals surface area contributed by atoms with Crippen molar-refractivity contribution >= 4 is 27.6 Å². The molecule has 1 fully saturated rings. The molecule has 0 amide bonds. The van der Waals surface area contributed by atoms with E-state index in [-0.39, 0.29) is 5.56 Å². The van der Waals surface area contributed by atoms with Crippen molar-refractivity contribution in [2.24, 2.45) is 0 Å². The van der Waals surface area contributed by atoms with E-state index in [1.54, 1.807) is 12.1 Å². The second-order valence-corrected chi connectivity index (χ2v) is 4.98. The fourth-order valence-corrected chi connectivity index (χ4v) is 2.37. The highest BCUT2D eigenvalue weighted by Gasteiger charge is 2.14. The van der Waals surface area contributed by atoms with Gasteiger partial charge in [-0.1, -0.05) is 15.9 Å². The summed E-state index contributed by atoms with van der Waals surface area (Å²) in [4.78, 5) is 10.9. The number of hydrogen-bond acceptors (Lipinski definition) is 3. The van der Waals surface area contributed by atoms with Crippen LogP contribution in [-0.2, 0) is 4.74 Å². The van der Waals surface area contributed by atoms with Gasteiger partial charge in [0.1, 0.15) is 0 Å². The molecule has 1 aromatic rings. The van der Waals surface area contributed by atoms with Gasteiger partial charge < -0.3 is 15.2 Å². The molecule has 1 heterocycles. The summed E-state index contributed by atoms with van der Waals surface area (Å²) in [5, 5.41) is 12.3. The van der Waals surface area contributed by atoms with E-state index in [1.807, 2.05) is 6.07 Å². The Morgan fingerprint density at radius 1 is 1.35 bits per heavy atom. The minimum absolute atomic E-state index is 0.286. The highest BCUT2D eigenvalue weighted by Crippen LogP contribution is 2.22. The Bertz CT molecular complexity index is 416. The number of carboxylic acids is 1. The molecular weight excluding hydrogens is 286 g/mol. The number of rotatable bonds is 3. The predicted octanol–water partition coefficient (Wildman–Crippen LogP) is 2.74. The van der Waals surface area contributed by atoms with Crippen LogP contribution in [0, 0.1) is 0 Å². The Hall–Kier alpha value is -1.07. The molecule has 5 heteroatoms. The Morgan fingerprint density at radius 2 is 2.06 bits per heavy atom. The molecule has 0 atom stereocenters. The third kappa shape index (κ3) is 3.44. The standard InChI is InChI=1S/C12H14BrNO3/c13-9-5-8(12(15)16)6-11(7-9)14-10-1-3-17-4-2-10/h5-7,10,14H,1-4H2,(H,15,16). The number of carbonyl (C=O) groups is 1. The Kier molecular flexibility index (Phi) is 4.02. The third-order valence-corrected chi connectivity index (χ3v) is 3.19. The topological polar surface area (TPSA) is 58.6 Å². The van der Waals surface area contributed by atoms with Crippen LogP contribution >= 0.6 is 15.9 Å². The van der Waals surface area contributed by atoms with Gasteiger partial charge in [-0.3, -0.25) is 0 Å². The first-order chi connectivity index (χ1) is 8.15. The first-order valence-corrected chi connectivity index (χ1v) is 6.32. The van der Waals surface area contributed by atoms with E-state index >= 15 is 0 Å². The van der Waals surface area contributed by atoms with Crippen LogP contribution in [0.1, 0.15) is 23.2 Å². The molecule has 0 unspecified atom stereocenters. The largest absolute Gasteiger partial charge is 0.478 e. The van der Waals surface area contributed by atoms with Crippen molar-refractivity contribution in [3.8, 4) is 0 Å². The van der Waals surface area contributed by atoms with Gasteiger partial charge in [-0.25, -0.2) is 4.79 Å². The van der Waals surface area contributed by atoms with Crippen molar-refractivity contribution in [1.82, 2.24) is 0 Å². The lowest BCUT2D eigenvalue weighted by Gasteiger charge is -2.24. The minimum atomic E-state index is -0.915. The zero-order chi connectivity index (χ0) is 12.3. The number of hydrogen-bond donors (Lipinski definition) is 2. The van der Waals surface area contributed by atoms with Crippen molar-refractivity contribution < 1.29 is 14.6 Å². The van der Waals surface area contributed by atoms with E-state index in [0.29, 0.717) is 6.04 Å². The van der Waals surface area contributed by atoms with Crippen molar-refractivity contribution in [1.29, 1.82) is 0 Å². The van der Waals surface area contributed by atoms with Crippen LogP contribution in [0.4, 0.5) is 5.69 Å². The average Bonchev–Trinajstić information content (AvgIpc) is 2.29. The van der Waals surface area contributed by atoms with Gasteiger partial charge in [0.2, 0.25) is 0 Å². The number of benzene rings is 1. The number of carboxylic acid groups (broad SMARTS) is 1. The maximum Gasteiger partial charge on any atom is 0.335 e. The summed E-state index contributed by atoms with van der Waals surface area (Å²) in [5.41, 5.74) is 1.12. The number of ether oxygens (including phenoxy) is 1. The lowest BCUT2D eigenvalue weighted by molar-refractivity contribution is 0.0696. The van der Waals surface area contributed by atoms with Gasteiger partial charge >= 0.3 is 5.97 Å². The van der Waals surface area contributed by atoms with E-state index in [2.05, 4.69) is 21.2 Å². The van der Waals surface area contributed by atoms with E-state index in [0.717, 1.165) is 36.2 Å². The molecule has 1 aromatic carbocycles. The summed E-state index contributed by atoms with van der Waals surface area (Å²) in [6.45, 7) is 1.52. The first-order valence-electron chi connectivity index (χ1n) is 5.53. The molecule has 17 heavy (non-hydrogen) atoms. The second kappa shape index (κ2) is 5.51. The van der Waals surface area contributed by atoms with Crippen molar-refractivity contribution in [2.45, 2.75) is 18.9 Å². The SMILES string of the molecule is O=C(O)c1cc(Br)cc(NC2CCOCC2)c1. The van der Waals surface area contributed by atoms with Crippen molar-refractivity contribution in [3.05, 3.63) is 28.2 Å². The molecule has 2 rings (SSSR count). The van der Waals surface area contributed by atoms with Crippen LogP contribution in [0.25, 0.3) is 0 Å². The fraction of sp³-hybridized carbons (Fsp3) is 0.417. The first kappa shape index (κ1) is 12.4. The number of halogens is 1. The molecule has 1 aliphatic heterocycles. The third-order valence-electron chi connectivity index (χ3n) is 2.74. The van der Waals surface area contributed by atoms with Gasteiger partial charge in [-0.05, 0) is 31.0 Å². The average molecular weight is 300 g/mol. The van der Waals surface area contributed by atoms with Gasteiger partial charge in [0.05, 0.1) is 5.56 Å². The highest BCUT2D eigenvalue weighted by molar-refractivity contribution is 9.10. The fourth-order valence-electron chi connectivity index (χ4n) is 1.87. The zero-order valence-electron chi connectivity index (χ0n) is 9.28. The molecule has 0 spiro atoms. The maximum atomic E-state index is 10.9. The van der Waals surface area contributed by atoms with Gasteiger partial charge in [0, 0.05) is 29.4 Å². The summed E-state index contributed by atoms with van der Waals surface area (Å²) in [6, 6.07) is 5.50. The summed E-state index contributed by atoms with van der Waals surface area (Å²) < 4.78 is 6.05. The molecule has 0 saturated carbocycles. The van der Waals surface area contributed by atoms with Crippen LogP contribution in [0.15, 0.2) is 22.7 Å². The molecule has 0 aliphatic carbocycles. The molecule has 1 aliphatic rings. The van der Waals surface area contributed by atoms with E-state index in [4.69, 9.17) is 9.84 Å². The highest BCUT2D eigenvalue weighted by atomic mass is 79.9. The Balaban J connectivity index is 2.11. The molecule has 0 bridgehead atoms. The van der Waals surface area contributed by atoms with Crippen LogP contribution in [-0.4, -0.2) is 30.3 Å². The maximum absolute atomic E-state index is 10.9. The van der Waals surface area contributed by atoms with E-state index in [9.17, 15) is 4.79 Å². The Labute approximate surface area is 108 Å². The number of nitrogens with one attached hydrogen (secondary N) is 1. The van der Waals surface area contributed by atoms with Crippen LogP contribution in [0.5, 0.6) is 0 Å². The summed E-state index contributed by atoms with van der Waals surface area (Å²) in [5.74, 6) is -0.915. The normalized spacial score (nSPS) is 16.8. The summed E-state index contributed by atoms with van der Waals surface area (Å²) in [7, 11) is 0. The van der Waals surface area contributed by atoms with E-state index in [1.165, 1.54) is 0 Å². The predicted molar refractivity (Wildman–Crippen MR) is 68.6 cm³/mol. The quantitative estimate of drug-likeness (QED) is 0.901. The van der Waals surface area contributed by atoms with Crippen LogP contribution in [0.3, 0.4) is 0 Å². The lowest BCUT2D eigenvalue weighted by Crippen LogP contribution is -2.27. The molecule has 2 N–H and O–H groups in total. The van der Waals surface area contributed by atoms with Gasteiger partial charge in [-0.15, -0.1) is 0 Å². The molecule has 0 radical (unpaired) electrons. The van der Waals surface area contributed by atoms with Crippen molar-refractivity contribution in [3.63, 3.8) is 0 Å². The summed E-state index contributed by atoms with van der Waals surface area (Å²) in [6.07, 6.45) is 1.91. The minimum Gasteiger partial charge on any atom is -0.478 e. The molecule has 4 nitrogen and oxygen atoms in total. The lowest BCUT2D eigenvalue weighted by atomic mass is 10.1.